The van der Waals surface area contributed by atoms with Gasteiger partial charge < -0.3 is 10.6 Å². The van der Waals surface area contributed by atoms with Crippen molar-refractivity contribution >= 4 is 23.2 Å². The number of halogens is 2. The lowest BCUT2D eigenvalue weighted by atomic mass is 9.92. The van der Waals surface area contributed by atoms with Gasteiger partial charge >= 0.3 is 0 Å². The van der Waals surface area contributed by atoms with Crippen molar-refractivity contribution in [3.05, 3.63) is 29.0 Å². The summed E-state index contributed by atoms with van der Waals surface area (Å²) in [6.07, 6.45) is 1.55. The summed E-state index contributed by atoms with van der Waals surface area (Å²) in [6, 6.07) is 4.91. The maximum Gasteiger partial charge on any atom is 0.227 e. The third-order valence-electron chi connectivity index (χ3n) is 3.20. The van der Waals surface area contributed by atoms with E-state index in [2.05, 4.69) is 10.6 Å². The standard InChI is InChI=1S/C13H16ClFN2O/c1-8-7-9(5-6-16-8)13(18)17-11-4-2-3-10(14)12(11)15/h2-4,8-9,16H,5-7H2,1H3,(H,17,18). The van der Waals surface area contributed by atoms with E-state index in [9.17, 15) is 9.18 Å². The van der Waals surface area contributed by atoms with Gasteiger partial charge in [0, 0.05) is 12.0 Å². The zero-order valence-electron chi connectivity index (χ0n) is 10.2. The predicted octanol–water partition coefficient (Wildman–Crippen LogP) is 2.81. The van der Waals surface area contributed by atoms with Crippen molar-refractivity contribution < 1.29 is 9.18 Å². The van der Waals surface area contributed by atoms with Gasteiger partial charge in [-0.25, -0.2) is 4.39 Å². The van der Waals surface area contributed by atoms with E-state index in [0.29, 0.717) is 6.04 Å². The molecule has 2 unspecified atom stereocenters. The molecule has 0 radical (unpaired) electrons. The Morgan fingerprint density at radius 2 is 2.33 bits per heavy atom. The molecule has 0 bridgehead atoms. The predicted molar refractivity (Wildman–Crippen MR) is 70.2 cm³/mol. The second-order valence-corrected chi connectivity index (χ2v) is 5.07. The lowest BCUT2D eigenvalue weighted by Gasteiger charge is -2.27. The highest BCUT2D eigenvalue weighted by atomic mass is 35.5. The molecular formula is C13H16ClFN2O. The van der Waals surface area contributed by atoms with Crippen LogP contribution in [0.5, 0.6) is 0 Å². The summed E-state index contributed by atoms with van der Waals surface area (Å²) in [5.41, 5.74) is 0.152. The Balaban J connectivity index is 2.04. The van der Waals surface area contributed by atoms with Crippen LogP contribution < -0.4 is 10.6 Å². The van der Waals surface area contributed by atoms with E-state index < -0.39 is 5.82 Å². The minimum absolute atomic E-state index is 0.0199. The Kier molecular flexibility index (Phi) is 4.19. The summed E-state index contributed by atoms with van der Waals surface area (Å²) in [6.45, 7) is 2.86. The molecular weight excluding hydrogens is 255 g/mol. The van der Waals surface area contributed by atoms with Gasteiger partial charge in [0.05, 0.1) is 10.7 Å². The van der Waals surface area contributed by atoms with Crippen LogP contribution in [0.3, 0.4) is 0 Å². The summed E-state index contributed by atoms with van der Waals surface area (Å²) in [5, 5.41) is 5.91. The van der Waals surface area contributed by atoms with Crippen molar-refractivity contribution in [3.63, 3.8) is 0 Å². The van der Waals surface area contributed by atoms with Crippen LogP contribution in [0.4, 0.5) is 10.1 Å². The summed E-state index contributed by atoms with van der Waals surface area (Å²) >= 11 is 5.67. The first-order chi connectivity index (χ1) is 8.58. The van der Waals surface area contributed by atoms with Crippen LogP contribution in [-0.4, -0.2) is 18.5 Å². The van der Waals surface area contributed by atoms with E-state index in [4.69, 9.17) is 11.6 Å². The normalized spacial score (nSPS) is 23.7. The fourth-order valence-corrected chi connectivity index (χ4v) is 2.38. The Bertz CT molecular complexity index is 453. The minimum atomic E-state index is -0.575. The second kappa shape index (κ2) is 5.67. The van der Waals surface area contributed by atoms with Crippen molar-refractivity contribution in [3.8, 4) is 0 Å². The molecule has 1 heterocycles. The molecule has 18 heavy (non-hydrogen) atoms. The number of carbonyl (C=O) groups excluding carboxylic acids is 1. The van der Waals surface area contributed by atoms with E-state index in [-0.39, 0.29) is 22.5 Å². The van der Waals surface area contributed by atoms with Crippen molar-refractivity contribution in [2.24, 2.45) is 5.92 Å². The molecule has 0 spiro atoms. The molecule has 1 aromatic rings. The molecule has 1 aliphatic rings. The number of amides is 1. The molecule has 2 N–H and O–H groups in total. The van der Waals surface area contributed by atoms with E-state index >= 15 is 0 Å². The van der Waals surface area contributed by atoms with Crippen LogP contribution >= 0.6 is 11.6 Å². The molecule has 5 heteroatoms. The number of carbonyl (C=O) groups is 1. The summed E-state index contributed by atoms with van der Waals surface area (Å²) in [7, 11) is 0. The van der Waals surface area contributed by atoms with Gasteiger partial charge in [0.2, 0.25) is 5.91 Å². The molecule has 0 aliphatic carbocycles. The highest BCUT2D eigenvalue weighted by Crippen LogP contribution is 2.24. The lowest BCUT2D eigenvalue weighted by Crippen LogP contribution is -2.40. The summed E-state index contributed by atoms with van der Waals surface area (Å²) in [5.74, 6) is -0.779. The first kappa shape index (κ1) is 13.3. The van der Waals surface area contributed by atoms with E-state index in [1.807, 2.05) is 6.92 Å². The molecule has 1 saturated heterocycles. The topological polar surface area (TPSA) is 41.1 Å². The number of nitrogens with one attached hydrogen (secondary N) is 2. The Hall–Kier alpha value is -1.13. The van der Waals surface area contributed by atoms with E-state index in [1.165, 1.54) is 12.1 Å². The largest absolute Gasteiger partial charge is 0.323 e. The molecule has 2 rings (SSSR count). The third-order valence-corrected chi connectivity index (χ3v) is 3.50. The quantitative estimate of drug-likeness (QED) is 0.868. The van der Waals surface area contributed by atoms with Crippen LogP contribution in [0.15, 0.2) is 18.2 Å². The number of benzene rings is 1. The van der Waals surface area contributed by atoms with Crippen molar-refractivity contribution in [2.75, 3.05) is 11.9 Å². The molecule has 3 nitrogen and oxygen atoms in total. The summed E-state index contributed by atoms with van der Waals surface area (Å²) in [4.78, 5) is 12.0. The van der Waals surface area contributed by atoms with Crippen molar-refractivity contribution in [1.29, 1.82) is 0 Å². The van der Waals surface area contributed by atoms with Gasteiger partial charge in [0.15, 0.2) is 5.82 Å². The summed E-state index contributed by atoms with van der Waals surface area (Å²) < 4.78 is 13.6. The average Bonchev–Trinajstić information content (AvgIpc) is 2.35. The number of hydrogen-bond acceptors (Lipinski definition) is 2. The zero-order valence-corrected chi connectivity index (χ0v) is 10.9. The molecule has 1 fully saturated rings. The van der Waals surface area contributed by atoms with Gasteiger partial charge in [-0.1, -0.05) is 17.7 Å². The minimum Gasteiger partial charge on any atom is -0.323 e. The smallest absolute Gasteiger partial charge is 0.227 e. The van der Waals surface area contributed by atoms with Crippen molar-refractivity contribution in [1.82, 2.24) is 5.32 Å². The molecule has 1 aliphatic heterocycles. The Labute approximate surface area is 111 Å². The van der Waals surface area contributed by atoms with Gasteiger partial charge in [-0.05, 0) is 38.4 Å². The van der Waals surface area contributed by atoms with Crippen LogP contribution in [-0.2, 0) is 4.79 Å². The lowest BCUT2D eigenvalue weighted by molar-refractivity contribution is -0.120. The molecule has 0 saturated carbocycles. The van der Waals surface area contributed by atoms with Gasteiger partial charge in [-0.3, -0.25) is 4.79 Å². The fourth-order valence-electron chi connectivity index (χ4n) is 2.21. The number of piperidine rings is 1. The maximum absolute atomic E-state index is 13.6. The number of anilines is 1. The van der Waals surface area contributed by atoms with Crippen LogP contribution in [0.1, 0.15) is 19.8 Å². The number of rotatable bonds is 2. The van der Waals surface area contributed by atoms with Gasteiger partial charge in [0.1, 0.15) is 0 Å². The first-order valence-corrected chi connectivity index (χ1v) is 6.44. The van der Waals surface area contributed by atoms with E-state index in [1.54, 1.807) is 6.07 Å². The Morgan fingerprint density at radius 1 is 1.56 bits per heavy atom. The monoisotopic (exact) mass is 270 g/mol. The van der Waals surface area contributed by atoms with Crippen LogP contribution in [0.2, 0.25) is 5.02 Å². The van der Waals surface area contributed by atoms with Crippen LogP contribution in [0, 0.1) is 11.7 Å². The number of hydrogen-bond donors (Lipinski definition) is 2. The molecule has 2 atom stereocenters. The van der Waals surface area contributed by atoms with Crippen molar-refractivity contribution in [2.45, 2.75) is 25.8 Å². The van der Waals surface area contributed by atoms with Gasteiger partial charge in [-0.2, -0.15) is 0 Å². The molecule has 1 aromatic carbocycles. The molecule has 98 valence electrons. The fraction of sp³-hybridized carbons (Fsp3) is 0.462. The Morgan fingerprint density at radius 3 is 3.06 bits per heavy atom. The van der Waals surface area contributed by atoms with Gasteiger partial charge in [0.25, 0.3) is 0 Å². The highest BCUT2D eigenvalue weighted by molar-refractivity contribution is 6.31. The van der Waals surface area contributed by atoms with E-state index in [0.717, 1.165) is 19.4 Å². The second-order valence-electron chi connectivity index (χ2n) is 4.67. The molecule has 1 amide bonds. The third kappa shape index (κ3) is 3.00. The van der Waals surface area contributed by atoms with Gasteiger partial charge in [-0.15, -0.1) is 0 Å². The van der Waals surface area contributed by atoms with Crippen LogP contribution in [0.25, 0.3) is 0 Å². The average molecular weight is 271 g/mol. The highest BCUT2D eigenvalue weighted by Gasteiger charge is 2.25. The first-order valence-electron chi connectivity index (χ1n) is 6.06. The maximum atomic E-state index is 13.6. The zero-order chi connectivity index (χ0) is 13.1. The molecule has 0 aromatic heterocycles. The SMILES string of the molecule is CC1CC(C(=O)Nc2cccc(Cl)c2F)CCN1.